The quantitative estimate of drug-likeness (QED) is 0.580. The highest BCUT2D eigenvalue weighted by atomic mass is 32.2. The minimum absolute atomic E-state index is 0.249. The van der Waals surface area contributed by atoms with Crippen LogP contribution in [-0.2, 0) is 10.9 Å². The molecular weight excluding hydrogens is 240 g/mol. The van der Waals surface area contributed by atoms with E-state index in [0.29, 0.717) is 5.37 Å². The first kappa shape index (κ1) is 11.5. The Morgan fingerprint density at radius 2 is 1.72 bits per heavy atom. The third-order valence-electron chi connectivity index (χ3n) is 3.11. The van der Waals surface area contributed by atoms with Gasteiger partial charge in [0.2, 0.25) is 0 Å². The summed E-state index contributed by atoms with van der Waals surface area (Å²) in [7, 11) is 0.249. The minimum atomic E-state index is 0.249. The second-order valence-corrected chi connectivity index (χ2v) is 6.77. The fraction of sp³-hybridized carbons (Fsp3) is 0.200. The van der Waals surface area contributed by atoms with E-state index in [1.54, 1.807) is 0 Å². The second kappa shape index (κ2) is 4.58. The summed E-state index contributed by atoms with van der Waals surface area (Å²) in [5.41, 5.74) is 2.42. The molecule has 0 saturated heterocycles. The molecule has 0 bridgehead atoms. The van der Waals surface area contributed by atoms with Gasteiger partial charge >= 0.3 is 11.2 Å². The first-order chi connectivity index (χ1) is 8.77. The van der Waals surface area contributed by atoms with Gasteiger partial charge in [-0.05, 0) is 11.1 Å². The molecule has 2 nitrogen and oxygen atoms in total. The number of hydrogen-bond acceptors (Lipinski definition) is 1. The zero-order valence-electron chi connectivity index (χ0n) is 10.6. The van der Waals surface area contributed by atoms with E-state index < -0.39 is 0 Å². The zero-order valence-corrected chi connectivity index (χ0v) is 11.4. The monoisotopic (exact) mass is 256 g/mol. The first-order valence-electron chi connectivity index (χ1n) is 5.98. The maximum absolute atomic E-state index is 4.81. The number of hydrogen-bond donors (Lipinski definition) is 0. The van der Waals surface area contributed by atoms with Crippen LogP contribution in [-0.4, -0.2) is 18.2 Å². The number of fused-ring (bicyclic) bond motifs is 1. The van der Waals surface area contributed by atoms with Crippen molar-refractivity contribution in [1.29, 1.82) is 0 Å². The molecule has 0 amide bonds. The molecule has 0 N–H and O–H groups in total. The second-order valence-electron chi connectivity index (χ2n) is 4.56. The van der Waals surface area contributed by atoms with Gasteiger partial charge < -0.3 is 0 Å². The molecule has 1 aliphatic rings. The smallest absolute Gasteiger partial charge is 0.177 e. The van der Waals surface area contributed by atoms with Crippen molar-refractivity contribution < 1.29 is 4.57 Å². The fourth-order valence-electron chi connectivity index (χ4n) is 2.32. The van der Waals surface area contributed by atoms with E-state index in [2.05, 4.69) is 59.7 Å². The molecule has 1 unspecified atom stereocenters. The molecule has 0 saturated carbocycles. The Morgan fingerprint density at radius 3 is 2.44 bits per heavy atom. The molecule has 0 aliphatic carbocycles. The number of aromatic nitrogens is 1. The van der Waals surface area contributed by atoms with E-state index in [-0.39, 0.29) is 10.9 Å². The Morgan fingerprint density at radius 1 is 1.00 bits per heavy atom. The van der Waals surface area contributed by atoms with Gasteiger partial charge in [-0.1, -0.05) is 36.4 Å². The Hall–Kier alpha value is -1.61. The molecule has 90 valence electrons. The number of nitrogens with zero attached hydrogens (tertiary/aromatic N) is 2. The van der Waals surface area contributed by atoms with Gasteiger partial charge in [-0.25, -0.2) is 0 Å². The van der Waals surface area contributed by atoms with Crippen molar-refractivity contribution >= 4 is 22.4 Å². The maximum atomic E-state index is 4.81. The van der Waals surface area contributed by atoms with Crippen molar-refractivity contribution in [1.82, 2.24) is 0 Å². The average Bonchev–Trinajstić information content (AvgIpc) is 2.79. The first-order valence-corrected chi connectivity index (χ1v) is 8.08. The summed E-state index contributed by atoms with van der Waals surface area (Å²) in [6, 6.07) is 16.7. The Bertz CT molecular complexity index is 590. The van der Waals surface area contributed by atoms with E-state index >= 15 is 0 Å². The Kier molecular flexibility index (Phi) is 2.92. The highest BCUT2D eigenvalue weighted by molar-refractivity contribution is 7.96. The summed E-state index contributed by atoms with van der Waals surface area (Å²) in [6.07, 6.45) is 6.68. The minimum Gasteiger partial charge on any atom is -0.177 e. The summed E-state index contributed by atoms with van der Waals surface area (Å²) < 4.78 is 2.28. The molecular formula is C15H16N2S+2. The third-order valence-corrected chi connectivity index (χ3v) is 4.45. The van der Waals surface area contributed by atoms with Gasteiger partial charge in [0.15, 0.2) is 0 Å². The molecule has 2 aromatic rings. The van der Waals surface area contributed by atoms with Crippen molar-refractivity contribution in [3.8, 4) is 0 Å². The van der Waals surface area contributed by atoms with Crippen LogP contribution in [0.1, 0.15) is 10.9 Å². The Balaban J connectivity index is 2.12. The van der Waals surface area contributed by atoms with Crippen LogP contribution in [0.4, 0.5) is 5.82 Å². The van der Waals surface area contributed by atoms with Gasteiger partial charge in [-0.15, -0.1) is 0 Å². The lowest BCUT2D eigenvalue weighted by atomic mass is 10.1. The lowest BCUT2D eigenvalue weighted by Crippen LogP contribution is -2.44. The van der Waals surface area contributed by atoms with Crippen LogP contribution in [0.25, 0.3) is 0 Å². The molecule has 1 aromatic heterocycles. The number of rotatable bonds is 2. The van der Waals surface area contributed by atoms with Crippen LogP contribution >= 0.6 is 0 Å². The van der Waals surface area contributed by atoms with Crippen LogP contribution in [0.2, 0.25) is 0 Å². The van der Waals surface area contributed by atoms with Crippen LogP contribution < -0.4 is 4.57 Å². The molecule has 2 heterocycles. The fourth-order valence-corrected chi connectivity index (χ4v) is 3.58. The molecule has 3 rings (SSSR count). The third kappa shape index (κ3) is 1.85. The van der Waals surface area contributed by atoms with E-state index in [9.17, 15) is 0 Å². The van der Waals surface area contributed by atoms with Gasteiger partial charge in [0.05, 0.1) is 6.20 Å². The highest BCUT2D eigenvalue weighted by Gasteiger charge is 2.44. The number of aliphatic imine (C=N–C) groups is 1. The highest BCUT2D eigenvalue weighted by Crippen LogP contribution is 2.26. The summed E-state index contributed by atoms with van der Waals surface area (Å²) in [6.45, 7) is 0. The van der Waals surface area contributed by atoms with Crippen molar-refractivity contribution in [3.63, 3.8) is 0 Å². The van der Waals surface area contributed by atoms with E-state index in [4.69, 9.17) is 4.99 Å². The van der Waals surface area contributed by atoms with Crippen LogP contribution in [0, 0.1) is 0 Å². The van der Waals surface area contributed by atoms with Crippen LogP contribution in [0.15, 0.2) is 59.7 Å². The number of pyridine rings is 1. The summed E-state index contributed by atoms with van der Waals surface area (Å²) in [5, 5.41) is 0.364. The van der Waals surface area contributed by atoms with Gasteiger partial charge in [0.1, 0.15) is 12.5 Å². The van der Waals surface area contributed by atoms with Crippen LogP contribution in [0.5, 0.6) is 0 Å². The molecule has 0 fully saturated rings. The summed E-state index contributed by atoms with van der Waals surface area (Å²) in [4.78, 5) is 4.81. The maximum Gasteiger partial charge on any atom is 0.328 e. The van der Waals surface area contributed by atoms with Crippen molar-refractivity contribution in [3.05, 3.63) is 60.3 Å². The van der Waals surface area contributed by atoms with Gasteiger partial charge in [-0.2, -0.15) is 4.57 Å². The van der Waals surface area contributed by atoms with E-state index in [1.165, 1.54) is 11.3 Å². The number of benzene rings is 1. The summed E-state index contributed by atoms with van der Waals surface area (Å²) in [5.74, 6) is 1.06. The largest absolute Gasteiger partial charge is 0.328 e. The molecule has 1 aromatic carbocycles. The van der Waals surface area contributed by atoms with Gasteiger partial charge in [0, 0.05) is 22.5 Å². The normalized spacial score (nSPS) is 17.7. The van der Waals surface area contributed by atoms with Crippen molar-refractivity contribution in [2.75, 3.05) is 12.5 Å². The molecule has 18 heavy (non-hydrogen) atoms. The van der Waals surface area contributed by atoms with Crippen molar-refractivity contribution in [2.45, 2.75) is 5.37 Å². The Labute approximate surface area is 110 Å². The molecule has 1 atom stereocenters. The predicted octanol–water partition coefficient (Wildman–Crippen LogP) is 2.49. The van der Waals surface area contributed by atoms with E-state index in [0.717, 1.165) is 5.82 Å². The molecule has 3 heteroatoms. The van der Waals surface area contributed by atoms with Crippen LogP contribution in [0.3, 0.4) is 0 Å². The van der Waals surface area contributed by atoms with Gasteiger partial charge in [-0.3, -0.25) is 0 Å². The lowest BCUT2D eigenvalue weighted by Gasteiger charge is -2.07. The molecule has 0 spiro atoms. The average molecular weight is 256 g/mol. The summed E-state index contributed by atoms with van der Waals surface area (Å²) >= 11 is 0. The molecule has 1 aliphatic heterocycles. The van der Waals surface area contributed by atoms with Gasteiger partial charge in [0.25, 0.3) is 5.71 Å². The predicted molar refractivity (Wildman–Crippen MR) is 77.5 cm³/mol. The lowest BCUT2D eigenvalue weighted by molar-refractivity contribution is -0.667. The SMILES string of the molecule is C[S+](C)C1C(c2ccccc2)=Nc2cccc[n+]21. The standard InChI is InChI=1S/C15H16N2S/c1-18(2)15-14(12-8-4-3-5-9-12)16-13-10-6-7-11-17(13)15/h3-11,15H,1-2H3/q+2. The zero-order chi connectivity index (χ0) is 12.5. The van der Waals surface area contributed by atoms with Crippen molar-refractivity contribution in [2.24, 2.45) is 4.99 Å². The topological polar surface area (TPSA) is 16.2 Å². The molecule has 0 radical (unpaired) electrons. The van der Waals surface area contributed by atoms with E-state index in [1.807, 2.05) is 12.1 Å².